The molecule has 0 N–H and O–H groups in total. The highest BCUT2D eigenvalue weighted by Crippen LogP contribution is 2.10. The van der Waals surface area contributed by atoms with Crippen LogP contribution in [0.15, 0.2) is 116 Å². The Bertz CT molecular complexity index is 771. The second-order valence-corrected chi connectivity index (χ2v) is 9.53. The molecule has 0 aliphatic carbocycles. The van der Waals surface area contributed by atoms with Crippen LogP contribution in [-0.4, -0.2) is 13.5 Å². The molecule has 122 valence electrons. The van der Waals surface area contributed by atoms with Crippen molar-refractivity contribution in [2.75, 3.05) is 0 Å². The second-order valence-electron chi connectivity index (χ2n) is 5.81. The first-order valence-corrected chi connectivity index (χ1v) is 10.3. The van der Waals surface area contributed by atoms with Gasteiger partial charge in [-0.15, -0.1) is 0 Å². The van der Waals surface area contributed by atoms with E-state index in [9.17, 15) is 4.79 Å². The van der Waals surface area contributed by atoms with E-state index in [2.05, 4.69) is 43.0 Å². The lowest BCUT2D eigenvalue weighted by molar-refractivity contribution is -0.108. The molecule has 0 aliphatic heterocycles. The van der Waals surface area contributed by atoms with Gasteiger partial charge in [-0.05, 0) is 21.6 Å². The molecule has 0 aromatic heterocycles. The number of carbonyl (C=O) groups is 1. The summed E-state index contributed by atoms with van der Waals surface area (Å²) in [5.74, 6) is 0. The third-order valence-corrected chi connectivity index (χ3v) is 8.88. The molecule has 0 fully saturated rings. The monoisotopic (exact) mass is 340 g/mol. The van der Waals surface area contributed by atoms with Gasteiger partial charge in [-0.2, -0.15) is 0 Å². The first-order chi connectivity index (χ1) is 12.3. The van der Waals surface area contributed by atoms with E-state index in [-0.39, 0.29) is 5.41 Å². The fourth-order valence-electron chi connectivity index (χ4n) is 3.27. The van der Waals surface area contributed by atoms with E-state index in [1.165, 1.54) is 0 Å². The van der Waals surface area contributed by atoms with E-state index in [1.807, 2.05) is 54.6 Å². The number of allylic oxidation sites excluding steroid dienone is 3. The molecule has 1 nitrogen and oxygen atoms in total. The standard InChI is InChI=1S/C23H20OSi/c1-2-3-19-23(24)25(20-13-7-4-8-14-20,21-15-9-5-10-16-21)22-17-11-6-12-18-22/h2-19H,1H2/b19-3+. The van der Waals surface area contributed by atoms with Crippen LogP contribution in [0.4, 0.5) is 0 Å². The van der Waals surface area contributed by atoms with Gasteiger partial charge in [-0.25, -0.2) is 0 Å². The van der Waals surface area contributed by atoms with Crippen molar-refractivity contribution in [3.63, 3.8) is 0 Å². The average molecular weight is 340 g/mol. The molecule has 3 aromatic rings. The van der Waals surface area contributed by atoms with Crippen molar-refractivity contribution in [1.82, 2.24) is 0 Å². The molecule has 3 aromatic carbocycles. The van der Waals surface area contributed by atoms with Crippen LogP contribution >= 0.6 is 0 Å². The molecule has 0 atom stereocenters. The van der Waals surface area contributed by atoms with E-state index >= 15 is 0 Å². The maximum absolute atomic E-state index is 13.6. The maximum atomic E-state index is 13.6. The molecule has 0 bridgehead atoms. The zero-order valence-corrected chi connectivity index (χ0v) is 15.0. The average Bonchev–Trinajstić information content (AvgIpc) is 2.69. The third-order valence-electron chi connectivity index (χ3n) is 4.37. The Kier molecular flexibility index (Phi) is 5.22. The predicted octanol–water partition coefficient (Wildman–Crippen LogP) is 3.01. The van der Waals surface area contributed by atoms with Gasteiger partial charge in [-0.1, -0.05) is 110 Å². The first-order valence-electron chi connectivity index (χ1n) is 8.30. The topological polar surface area (TPSA) is 17.1 Å². The Balaban J connectivity index is 2.37. The van der Waals surface area contributed by atoms with Crippen molar-refractivity contribution in [2.24, 2.45) is 0 Å². The van der Waals surface area contributed by atoms with Gasteiger partial charge < -0.3 is 0 Å². The van der Waals surface area contributed by atoms with Crippen LogP contribution in [0, 0.1) is 0 Å². The van der Waals surface area contributed by atoms with Crippen molar-refractivity contribution >= 4 is 29.0 Å². The Morgan fingerprint density at radius 1 is 0.680 bits per heavy atom. The summed E-state index contributed by atoms with van der Waals surface area (Å²) in [6.07, 6.45) is 5.06. The number of carbonyl (C=O) groups excluding carboxylic acids is 1. The van der Waals surface area contributed by atoms with E-state index in [0.29, 0.717) is 0 Å². The molecule has 25 heavy (non-hydrogen) atoms. The van der Waals surface area contributed by atoms with E-state index in [1.54, 1.807) is 18.2 Å². The van der Waals surface area contributed by atoms with Gasteiger partial charge in [0, 0.05) is 0 Å². The van der Waals surface area contributed by atoms with E-state index in [0.717, 1.165) is 15.6 Å². The van der Waals surface area contributed by atoms with Crippen LogP contribution in [0.3, 0.4) is 0 Å². The molecule has 0 spiro atoms. The van der Waals surface area contributed by atoms with Gasteiger partial charge >= 0.3 is 0 Å². The molecular weight excluding hydrogens is 320 g/mol. The minimum Gasteiger partial charge on any atom is -0.299 e. The lowest BCUT2D eigenvalue weighted by Crippen LogP contribution is -2.72. The zero-order chi connectivity index (χ0) is 17.5. The molecule has 0 saturated carbocycles. The molecule has 0 radical (unpaired) electrons. The van der Waals surface area contributed by atoms with Crippen LogP contribution in [0.5, 0.6) is 0 Å². The highest BCUT2D eigenvalue weighted by Gasteiger charge is 2.45. The van der Waals surface area contributed by atoms with Crippen LogP contribution in [0.2, 0.25) is 0 Å². The van der Waals surface area contributed by atoms with Crippen LogP contribution < -0.4 is 15.6 Å². The fourth-order valence-corrected chi connectivity index (χ4v) is 7.55. The Labute approximate surface area is 150 Å². The van der Waals surface area contributed by atoms with Crippen LogP contribution in [0.25, 0.3) is 0 Å². The van der Waals surface area contributed by atoms with Crippen LogP contribution in [-0.2, 0) is 4.79 Å². The van der Waals surface area contributed by atoms with Gasteiger partial charge in [0.25, 0.3) is 0 Å². The molecule has 0 aliphatic rings. The highest BCUT2D eigenvalue weighted by atomic mass is 28.3. The molecule has 3 rings (SSSR count). The fraction of sp³-hybridized carbons (Fsp3) is 0. The summed E-state index contributed by atoms with van der Waals surface area (Å²) in [7, 11) is -2.84. The van der Waals surface area contributed by atoms with Crippen molar-refractivity contribution in [3.05, 3.63) is 116 Å². The molecule has 0 amide bonds. The summed E-state index contributed by atoms with van der Waals surface area (Å²) < 4.78 is 0. The van der Waals surface area contributed by atoms with Gasteiger partial charge in [0.2, 0.25) is 8.07 Å². The quantitative estimate of drug-likeness (QED) is 0.292. The zero-order valence-electron chi connectivity index (χ0n) is 14.0. The number of hydrogen-bond acceptors (Lipinski definition) is 1. The predicted molar refractivity (Wildman–Crippen MR) is 108 cm³/mol. The number of benzene rings is 3. The largest absolute Gasteiger partial charge is 0.299 e. The van der Waals surface area contributed by atoms with E-state index < -0.39 is 8.07 Å². The summed E-state index contributed by atoms with van der Waals surface area (Å²) >= 11 is 0. The summed E-state index contributed by atoms with van der Waals surface area (Å²) in [4.78, 5) is 13.6. The molecular formula is C23H20OSi. The van der Waals surface area contributed by atoms with Crippen molar-refractivity contribution in [3.8, 4) is 0 Å². The number of rotatable bonds is 6. The lowest BCUT2D eigenvalue weighted by Gasteiger charge is -2.30. The van der Waals surface area contributed by atoms with Gasteiger partial charge in [0.15, 0.2) is 0 Å². The SMILES string of the molecule is C=C/C=C/C(=O)[Si](c1ccccc1)(c1ccccc1)c1ccccc1. The summed E-state index contributed by atoms with van der Waals surface area (Å²) in [5.41, 5.74) is 0. The molecule has 0 heterocycles. The smallest absolute Gasteiger partial charge is 0.229 e. The van der Waals surface area contributed by atoms with Gasteiger partial charge in [0.1, 0.15) is 5.41 Å². The third kappa shape index (κ3) is 3.17. The maximum Gasteiger partial charge on any atom is 0.229 e. The normalized spacial score (nSPS) is 11.4. The summed E-state index contributed by atoms with van der Waals surface area (Å²) in [6, 6.07) is 30.5. The van der Waals surface area contributed by atoms with Gasteiger partial charge in [-0.3, -0.25) is 4.79 Å². The lowest BCUT2D eigenvalue weighted by atomic mass is 10.3. The molecule has 2 heteroatoms. The van der Waals surface area contributed by atoms with E-state index in [4.69, 9.17) is 0 Å². The molecule has 0 unspecified atom stereocenters. The Morgan fingerprint density at radius 2 is 1.04 bits per heavy atom. The van der Waals surface area contributed by atoms with Gasteiger partial charge in [0.05, 0.1) is 0 Å². The van der Waals surface area contributed by atoms with Crippen molar-refractivity contribution in [2.45, 2.75) is 0 Å². The van der Waals surface area contributed by atoms with Crippen LogP contribution in [0.1, 0.15) is 0 Å². The van der Waals surface area contributed by atoms with Crippen molar-refractivity contribution in [1.29, 1.82) is 0 Å². The minimum atomic E-state index is -2.84. The minimum absolute atomic E-state index is 0.149. The Hall–Kier alpha value is -2.97. The Morgan fingerprint density at radius 3 is 1.36 bits per heavy atom. The summed E-state index contributed by atoms with van der Waals surface area (Å²) in [5, 5.41) is 3.42. The number of hydrogen-bond donors (Lipinski definition) is 0. The second kappa shape index (κ2) is 7.73. The van der Waals surface area contributed by atoms with Crippen molar-refractivity contribution < 1.29 is 4.79 Å². The highest BCUT2D eigenvalue weighted by molar-refractivity contribution is 7.30. The first kappa shape index (κ1) is 16.9. The summed E-state index contributed by atoms with van der Waals surface area (Å²) in [6.45, 7) is 3.71. The molecule has 0 saturated heterocycles.